The molecule has 2 aromatic carbocycles. The van der Waals surface area contributed by atoms with E-state index in [0.29, 0.717) is 48.2 Å². The normalized spacial score (nSPS) is 16.9. The van der Waals surface area contributed by atoms with Crippen LogP contribution >= 0.6 is 11.8 Å². The molecule has 0 aliphatic carbocycles. The van der Waals surface area contributed by atoms with Crippen LogP contribution in [0.3, 0.4) is 0 Å². The van der Waals surface area contributed by atoms with E-state index in [0.717, 1.165) is 67.5 Å². The number of fused-ring (bicyclic) bond motifs is 1. The standard InChI is InChI=1S/C31H36F2N6O4S/c1-20-15-23(16-21(2)28(20)43-12-7-37-5-10-42-11-6-37)35-30-34-19-22-3-4-39(29(22)36-30)24-17-25(32)27(26(33)18-24)31(40,41)38-8-13-44-14-9-38/h3-4,15-19,40-41H,5-14H2,1-2H3,(H,34,35,36). The molecule has 4 heterocycles. The molecule has 0 bridgehead atoms. The summed E-state index contributed by atoms with van der Waals surface area (Å²) < 4.78 is 43.7. The summed E-state index contributed by atoms with van der Waals surface area (Å²) >= 11 is 1.65. The van der Waals surface area contributed by atoms with E-state index in [1.165, 1.54) is 9.47 Å². The third-order valence-corrected chi connectivity index (χ3v) is 8.94. The highest BCUT2D eigenvalue weighted by atomic mass is 32.2. The number of anilines is 2. The van der Waals surface area contributed by atoms with Crippen LogP contribution in [0, 0.1) is 25.5 Å². The first-order valence-corrected chi connectivity index (χ1v) is 15.8. The number of hydrogen-bond acceptors (Lipinski definition) is 10. The lowest BCUT2D eigenvalue weighted by molar-refractivity contribution is -0.276. The van der Waals surface area contributed by atoms with Gasteiger partial charge in [-0.05, 0) is 55.3 Å². The number of aromatic nitrogens is 3. The summed E-state index contributed by atoms with van der Waals surface area (Å²) in [5, 5.41) is 25.4. The fraction of sp³-hybridized carbons (Fsp3) is 0.419. The smallest absolute Gasteiger partial charge is 0.259 e. The molecule has 234 valence electrons. The van der Waals surface area contributed by atoms with Gasteiger partial charge in [-0.15, -0.1) is 0 Å². The van der Waals surface area contributed by atoms with Gasteiger partial charge in [0.25, 0.3) is 5.91 Å². The quantitative estimate of drug-likeness (QED) is 0.237. The Morgan fingerprint density at radius 3 is 2.39 bits per heavy atom. The number of ether oxygens (including phenoxy) is 2. The van der Waals surface area contributed by atoms with E-state index >= 15 is 8.78 Å². The molecule has 0 unspecified atom stereocenters. The Kier molecular flexibility index (Phi) is 9.03. The predicted molar refractivity (Wildman–Crippen MR) is 166 cm³/mol. The molecule has 3 N–H and O–H groups in total. The number of aliphatic hydroxyl groups is 2. The van der Waals surface area contributed by atoms with E-state index in [2.05, 4.69) is 20.2 Å². The van der Waals surface area contributed by atoms with Crippen molar-refractivity contribution < 1.29 is 28.5 Å². The van der Waals surface area contributed by atoms with Crippen molar-refractivity contribution in [1.82, 2.24) is 24.3 Å². The summed E-state index contributed by atoms with van der Waals surface area (Å²) in [6, 6.07) is 7.83. The first-order chi connectivity index (χ1) is 21.2. The maximum absolute atomic E-state index is 15.3. The first-order valence-electron chi connectivity index (χ1n) is 14.6. The SMILES string of the molecule is Cc1cc(Nc2ncc3ccn(-c4cc(F)c(C(O)(O)N5CCSCC5)c(F)c4)c3n2)cc(C)c1OCCN1CCOCC1. The van der Waals surface area contributed by atoms with Crippen LogP contribution in [0.4, 0.5) is 20.4 Å². The molecule has 2 fully saturated rings. The maximum atomic E-state index is 15.3. The zero-order valence-corrected chi connectivity index (χ0v) is 25.5. The van der Waals surface area contributed by atoms with Crippen LogP contribution in [0.2, 0.25) is 0 Å². The molecular weight excluding hydrogens is 590 g/mol. The van der Waals surface area contributed by atoms with Crippen LogP contribution < -0.4 is 10.1 Å². The minimum atomic E-state index is -2.76. The minimum absolute atomic E-state index is 0.152. The molecule has 13 heteroatoms. The van der Waals surface area contributed by atoms with Crippen LogP contribution in [0.25, 0.3) is 16.7 Å². The second kappa shape index (κ2) is 13.0. The Balaban J connectivity index is 1.21. The van der Waals surface area contributed by atoms with E-state index in [-0.39, 0.29) is 5.69 Å². The van der Waals surface area contributed by atoms with E-state index in [4.69, 9.17) is 9.47 Å². The highest BCUT2D eigenvalue weighted by molar-refractivity contribution is 7.99. The van der Waals surface area contributed by atoms with E-state index < -0.39 is 23.1 Å². The molecule has 0 radical (unpaired) electrons. The van der Waals surface area contributed by atoms with Gasteiger partial charge < -0.3 is 29.6 Å². The highest BCUT2D eigenvalue weighted by Gasteiger charge is 2.40. The summed E-state index contributed by atoms with van der Waals surface area (Å²) in [7, 11) is 0. The number of halogens is 2. The zero-order valence-electron chi connectivity index (χ0n) is 24.7. The van der Waals surface area contributed by atoms with Gasteiger partial charge in [-0.1, -0.05) is 0 Å². The van der Waals surface area contributed by atoms with Crippen molar-refractivity contribution in [3.05, 3.63) is 71.1 Å². The molecular formula is C31H36F2N6O4S. The molecule has 44 heavy (non-hydrogen) atoms. The van der Waals surface area contributed by atoms with E-state index in [1.54, 1.807) is 30.2 Å². The lowest BCUT2D eigenvalue weighted by atomic mass is 10.1. The molecule has 2 aliphatic heterocycles. The second-order valence-electron chi connectivity index (χ2n) is 11.0. The van der Waals surface area contributed by atoms with Crippen molar-refractivity contribution >= 4 is 34.4 Å². The fourth-order valence-electron chi connectivity index (χ4n) is 5.72. The largest absolute Gasteiger partial charge is 0.492 e. The van der Waals surface area contributed by atoms with Crippen LogP contribution in [0.15, 0.2) is 42.7 Å². The summed E-state index contributed by atoms with van der Waals surface area (Å²) in [6.45, 7) is 9.34. The summed E-state index contributed by atoms with van der Waals surface area (Å²) in [5.41, 5.74) is 2.50. The van der Waals surface area contributed by atoms with Crippen molar-refractivity contribution in [2.75, 3.05) is 69.4 Å². The van der Waals surface area contributed by atoms with E-state index in [9.17, 15) is 10.2 Å². The maximum Gasteiger partial charge on any atom is 0.259 e. The van der Waals surface area contributed by atoms with Gasteiger partial charge >= 0.3 is 0 Å². The average Bonchev–Trinajstić information content (AvgIpc) is 3.42. The fourth-order valence-corrected chi connectivity index (χ4v) is 6.62. The van der Waals surface area contributed by atoms with Gasteiger partial charge in [-0.25, -0.2) is 18.7 Å². The average molecular weight is 627 g/mol. The molecule has 4 aromatic rings. The number of nitrogens with zero attached hydrogens (tertiary/aromatic N) is 5. The Morgan fingerprint density at radius 1 is 1.02 bits per heavy atom. The van der Waals surface area contributed by atoms with Gasteiger partial charge in [-0.3, -0.25) is 4.90 Å². The van der Waals surface area contributed by atoms with Crippen molar-refractivity contribution in [2.45, 2.75) is 19.8 Å². The van der Waals surface area contributed by atoms with Gasteiger partial charge in [-0.2, -0.15) is 16.7 Å². The predicted octanol–water partition coefficient (Wildman–Crippen LogP) is 3.91. The summed E-state index contributed by atoms with van der Waals surface area (Å²) in [5.74, 6) is -2.44. The second-order valence-corrected chi connectivity index (χ2v) is 12.3. The molecule has 10 nitrogen and oxygen atoms in total. The van der Waals surface area contributed by atoms with E-state index in [1.807, 2.05) is 26.0 Å². The number of morpholine rings is 1. The number of nitrogens with one attached hydrogen (secondary N) is 1. The Bertz CT molecular complexity index is 1590. The number of hydrogen-bond donors (Lipinski definition) is 3. The minimum Gasteiger partial charge on any atom is -0.492 e. The third-order valence-electron chi connectivity index (χ3n) is 7.99. The molecule has 2 saturated heterocycles. The van der Waals surface area contributed by atoms with Gasteiger partial charge in [0, 0.05) is 67.7 Å². The molecule has 0 amide bonds. The molecule has 0 saturated carbocycles. The van der Waals surface area contributed by atoms with Gasteiger partial charge in [0.1, 0.15) is 29.6 Å². The number of rotatable bonds is 9. The number of aryl methyl sites for hydroxylation is 2. The third kappa shape index (κ3) is 6.39. The lowest BCUT2D eigenvalue weighted by Crippen LogP contribution is -2.51. The van der Waals surface area contributed by atoms with Gasteiger partial charge in [0.2, 0.25) is 5.95 Å². The van der Waals surface area contributed by atoms with Crippen molar-refractivity contribution in [3.8, 4) is 11.4 Å². The number of benzene rings is 2. The molecule has 6 rings (SSSR count). The lowest BCUT2D eigenvalue weighted by Gasteiger charge is -2.37. The Labute approximate surface area is 258 Å². The molecule has 2 aromatic heterocycles. The Morgan fingerprint density at radius 2 is 1.70 bits per heavy atom. The van der Waals surface area contributed by atoms with Crippen molar-refractivity contribution in [1.29, 1.82) is 0 Å². The van der Waals surface area contributed by atoms with Crippen LogP contribution in [0.1, 0.15) is 16.7 Å². The summed E-state index contributed by atoms with van der Waals surface area (Å²) in [6.07, 6.45) is 3.27. The van der Waals surface area contributed by atoms with Crippen LogP contribution in [0.5, 0.6) is 5.75 Å². The topological polar surface area (TPSA) is 108 Å². The Hall–Kier alpha value is -3.33. The van der Waals surface area contributed by atoms with Gasteiger partial charge in [0.05, 0.1) is 24.5 Å². The molecule has 0 atom stereocenters. The zero-order chi connectivity index (χ0) is 30.8. The number of thioether (sulfide) groups is 1. The molecule has 0 spiro atoms. The van der Waals surface area contributed by atoms with Crippen LogP contribution in [-0.4, -0.2) is 98.6 Å². The van der Waals surface area contributed by atoms with Crippen LogP contribution in [-0.2, 0) is 10.6 Å². The van der Waals surface area contributed by atoms with Crippen molar-refractivity contribution in [2.24, 2.45) is 0 Å². The monoisotopic (exact) mass is 626 g/mol. The van der Waals surface area contributed by atoms with Crippen molar-refractivity contribution in [3.63, 3.8) is 0 Å². The highest BCUT2D eigenvalue weighted by Crippen LogP contribution is 2.33. The van der Waals surface area contributed by atoms with Gasteiger partial charge in [0.15, 0.2) is 0 Å². The summed E-state index contributed by atoms with van der Waals surface area (Å²) in [4.78, 5) is 12.7. The molecule has 2 aliphatic rings. The first kappa shape index (κ1) is 30.7.